The third-order valence-electron chi connectivity index (χ3n) is 3.18. The van der Waals surface area contributed by atoms with E-state index in [4.69, 9.17) is 0 Å². The van der Waals surface area contributed by atoms with E-state index in [1.165, 1.54) is 0 Å². The Labute approximate surface area is 131 Å². The van der Waals surface area contributed by atoms with Gasteiger partial charge >= 0.3 is 0 Å². The Kier molecular flexibility index (Phi) is 6.39. The fraction of sp³-hybridized carbons (Fsp3) is 0.333. The topological polar surface area (TPSA) is 58.9 Å². The molecule has 0 saturated heterocycles. The highest BCUT2D eigenvalue weighted by Crippen LogP contribution is 2.11. The zero-order chi connectivity index (χ0) is 14.5. The van der Waals surface area contributed by atoms with Crippen LogP contribution in [0.15, 0.2) is 36.4 Å². The van der Waals surface area contributed by atoms with Gasteiger partial charge in [0.15, 0.2) is 5.69 Å². The Bertz CT molecular complexity index is 583. The number of nitrogens with one attached hydrogen (secondary N) is 2. The van der Waals surface area contributed by atoms with Crippen LogP contribution >= 0.6 is 12.4 Å². The number of hydrogen-bond donors (Lipinski definition) is 2. The first-order valence-electron chi connectivity index (χ1n) is 6.69. The summed E-state index contributed by atoms with van der Waals surface area (Å²) in [6, 6.07) is 11.8. The first kappa shape index (κ1) is 17.2. The molecule has 0 aliphatic rings. The highest BCUT2D eigenvalue weighted by atomic mass is 35.5. The minimum Gasteiger partial charge on any atom is -0.349 e. The van der Waals surface area contributed by atoms with Crippen molar-refractivity contribution in [3.05, 3.63) is 47.8 Å². The molecule has 1 unspecified atom stereocenters. The predicted octanol–water partition coefficient (Wildman–Crippen LogP) is 1.94. The molecule has 6 heteroatoms. The standard InChI is InChI=1S/C15H20N4O.ClH/c1-11(16-3)10-17-15(20)14-9-12(2)19(18-14)13-7-5-4-6-8-13;/h4-9,11,16H,10H2,1-3H3,(H,17,20);1H. The Morgan fingerprint density at radius 2 is 2.00 bits per heavy atom. The zero-order valence-electron chi connectivity index (χ0n) is 12.5. The van der Waals surface area contributed by atoms with Crippen LogP contribution in [0.4, 0.5) is 0 Å². The molecule has 114 valence electrons. The van der Waals surface area contributed by atoms with Gasteiger partial charge in [0.25, 0.3) is 5.91 Å². The molecule has 1 heterocycles. The van der Waals surface area contributed by atoms with Gasteiger partial charge in [0.2, 0.25) is 0 Å². The molecule has 0 spiro atoms. The summed E-state index contributed by atoms with van der Waals surface area (Å²) >= 11 is 0. The third-order valence-corrected chi connectivity index (χ3v) is 3.18. The van der Waals surface area contributed by atoms with Gasteiger partial charge in [0.1, 0.15) is 0 Å². The molecule has 2 aromatic rings. The molecule has 2 N–H and O–H groups in total. The summed E-state index contributed by atoms with van der Waals surface area (Å²) in [4.78, 5) is 12.0. The Balaban J connectivity index is 0.00000220. The predicted molar refractivity (Wildman–Crippen MR) is 86.4 cm³/mol. The third kappa shape index (κ3) is 4.31. The molecule has 0 radical (unpaired) electrons. The van der Waals surface area contributed by atoms with Crippen molar-refractivity contribution in [2.45, 2.75) is 19.9 Å². The lowest BCUT2D eigenvalue weighted by molar-refractivity contribution is 0.0945. The van der Waals surface area contributed by atoms with Crippen LogP contribution in [0.2, 0.25) is 0 Å². The summed E-state index contributed by atoms with van der Waals surface area (Å²) in [6.07, 6.45) is 0. The number of rotatable bonds is 5. The average molecular weight is 309 g/mol. The zero-order valence-corrected chi connectivity index (χ0v) is 13.3. The van der Waals surface area contributed by atoms with E-state index in [1.54, 1.807) is 10.7 Å². The van der Waals surface area contributed by atoms with Gasteiger partial charge in [0, 0.05) is 18.3 Å². The molecule has 0 aliphatic heterocycles. The maximum absolute atomic E-state index is 12.0. The molecule has 2 rings (SSSR count). The highest BCUT2D eigenvalue weighted by Gasteiger charge is 2.13. The molecule has 1 aromatic heterocycles. The quantitative estimate of drug-likeness (QED) is 0.887. The number of likely N-dealkylation sites (N-methyl/N-ethyl adjacent to an activating group) is 1. The van der Waals surface area contributed by atoms with E-state index >= 15 is 0 Å². The van der Waals surface area contributed by atoms with Crippen LogP contribution in [0.1, 0.15) is 23.1 Å². The largest absolute Gasteiger partial charge is 0.349 e. The number of aromatic nitrogens is 2. The van der Waals surface area contributed by atoms with E-state index in [1.807, 2.05) is 51.2 Å². The second-order valence-electron chi connectivity index (χ2n) is 4.82. The summed E-state index contributed by atoms with van der Waals surface area (Å²) in [5, 5.41) is 10.3. The lowest BCUT2D eigenvalue weighted by Crippen LogP contribution is -2.37. The molecular weight excluding hydrogens is 288 g/mol. The number of nitrogens with zero attached hydrogens (tertiary/aromatic N) is 2. The smallest absolute Gasteiger partial charge is 0.271 e. The molecule has 0 saturated carbocycles. The Hall–Kier alpha value is -1.85. The van der Waals surface area contributed by atoms with Gasteiger partial charge < -0.3 is 10.6 Å². The van der Waals surface area contributed by atoms with E-state index in [0.29, 0.717) is 12.2 Å². The van der Waals surface area contributed by atoms with E-state index < -0.39 is 0 Å². The van der Waals surface area contributed by atoms with Crippen molar-refractivity contribution in [2.75, 3.05) is 13.6 Å². The van der Waals surface area contributed by atoms with Gasteiger partial charge in [-0.1, -0.05) is 18.2 Å². The van der Waals surface area contributed by atoms with E-state index in [9.17, 15) is 4.79 Å². The molecule has 1 amide bonds. The van der Waals surface area contributed by atoms with E-state index in [0.717, 1.165) is 11.4 Å². The lowest BCUT2D eigenvalue weighted by Gasteiger charge is -2.10. The second-order valence-corrected chi connectivity index (χ2v) is 4.82. The van der Waals surface area contributed by atoms with Crippen molar-refractivity contribution in [1.29, 1.82) is 0 Å². The van der Waals surface area contributed by atoms with E-state index in [-0.39, 0.29) is 24.4 Å². The number of aryl methyl sites for hydroxylation is 1. The Morgan fingerprint density at radius 3 is 2.62 bits per heavy atom. The van der Waals surface area contributed by atoms with Crippen LogP contribution in [0.25, 0.3) is 5.69 Å². The number of carbonyl (C=O) groups is 1. The minimum absolute atomic E-state index is 0. The van der Waals surface area contributed by atoms with Crippen molar-refractivity contribution >= 4 is 18.3 Å². The fourth-order valence-corrected chi connectivity index (χ4v) is 1.85. The fourth-order valence-electron chi connectivity index (χ4n) is 1.85. The maximum atomic E-state index is 12.0. The second kappa shape index (κ2) is 7.81. The van der Waals surface area contributed by atoms with Crippen LogP contribution in [0, 0.1) is 6.92 Å². The molecule has 21 heavy (non-hydrogen) atoms. The molecule has 0 bridgehead atoms. The van der Waals surface area contributed by atoms with Gasteiger partial charge in [-0.3, -0.25) is 4.79 Å². The number of amides is 1. The first-order chi connectivity index (χ1) is 9.61. The molecule has 0 fully saturated rings. The maximum Gasteiger partial charge on any atom is 0.271 e. The monoisotopic (exact) mass is 308 g/mol. The van der Waals surface area contributed by atoms with Crippen LogP contribution < -0.4 is 10.6 Å². The van der Waals surface area contributed by atoms with Gasteiger partial charge in [-0.05, 0) is 39.1 Å². The Morgan fingerprint density at radius 1 is 1.33 bits per heavy atom. The molecular formula is C15H21ClN4O. The summed E-state index contributed by atoms with van der Waals surface area (Å²) in [6.45, 7) is 4.52. The molecule has 5 nitrogen and oxygen atoms in total. The first-order valence-corrected chi connectivity index (χ1v) is 6.69. The van der Waals surface area contributed by atoms with Gasteiger partial charge in [0.05, 0.1) is 5.69 Å². The summed E-state index contributed by atoms with van der Waals surface area (Å²) in [5.41, 5.74) is 2.32. The summed E-state index contributed by atoms with van der Waals surface area (Å²) < 4.78 is 1.77. The van der Waals surface area contributed by atoms with Crippen molar-refractivity contribution in [3.63, 3.8) is 0 Å². The van der Waals surface area contributed by atoms with Gasteiger partial charge in [-0.25, -0.2) is 4.68 Å². The SMILES string of the molecule is CNC(C)CNC(=O)c1cc(C)n(-c2ccccc2)n1.Cl. The van der Waals surface area contributed by atoms with Crippen LogP contribution in [0.5, 0.6) is 0 Å². The van der Waals surface area contributed by atoms with Crippen LogP contribution in [-0.2, 0) is 0 Å². The molecule has 1 aromatic carbocycles. The van der Waals surface area contributed by atoms with Crippen molar-refractivity contribution in [2.24, 2.45) is 0 Å². The number of hydrogen-bond acceptors (Lipinski definition) is 3. The number of halogens is 1. The normalized spacial score (nSPS) is 11.6. The average Bonchev–Trinajstić information content (AvgIpc) is 2.87. The summed E-state index contributed by atoms with van der Waals surface area (Å²) in [5.74, 6) is -0.148. The van der Waals surface area contributed by atoms with Gasteiger partial charge in [-0.15, -0.1) is 12.4 Å². The number of benzene rings is 1. The summed E-state index contributed by atoms with van der Waals surface area (Å²) in [7, 11) is 1.87. The number of carbonyl (C=O) groups excluding carboxylic acids is 1. The van der Waals surface area contributed by atoms with Crippen molar-refractivity contribution in [3.8, 4) is 5.69 Å². The highest BCUT2D eigenvalue weighted by molar-refractivity contribution is 5.92. The van der Waals surface area contributed by atoms with Crippen molar-refractivity contribution < 1.29 is 4.79 Å². The van der Waals surface area contributed by atoms with Gasteiger partial charge in [-0.2, -0.15) is 5.10 Å². The molecule has 1 atom stereocenters. The molecule has 0 aliphatic carbocycles. The van der Waals surface area contributed by atoms with E-state index in [2.05, 4.69) is 15.7 Å². The van der Waals surface area contributed by atoms with Crippen LogP contribution in [0.3, 0.4) is 0 Å². The number of para-hydroxylation sites is 1. The lowest BCUT2D eigenvalue weighted by atomic mass is 10.3. The minimum atomic E-state index is -0.148. The van der Waals surface area contributed by atoms with Crippen LogP contribution in [-0.4, -0.2) is 35.3 Å². The van der Waals surface area contributed by atoms with Crippen molar-refractivity contribution in [1.82, 2.24) is 20.4 Å².